The molecule has 1 aliphatic rings. The van der Waals surface area contributed by atoms with Gasteiger partial charge in [-0.1, -0.05) is 24.3 Å². The summed E-state index contributed by atoms with van der Waals surface area (Å²) < 4.78 is 12.9. The van der Waals surface area contributed by atoms with Gasteiger partial charge in [0.15, 0.2) is 0 Å². The number of hydrogen-bond donors (Lipinski definition) is 1. The number of anilines is 1. The summed E-state index contributed by atoms with van der Waals surface area (Å²) in [6.45, 7) is 3.57. The van der Waals surface area contributed by atoms with Crippen LogP contribution < -0.4 is 5.32 Å². The molecule has 0 aliphatic carbocycles. The number of halogens is 1. The Hall–Kier alpha value is -2.20. The van der Waals surface area contributed by atoms with Crippen LogP contribution in [0.3, 0.4) is 0 Å². The van der Waals surface area contributed by atoms with Gasteiger partial charge in [-0.3, -0.25) is 9.69 Å². The molecule has 0 unspecified atom stereocenters. The summed E-state index contributed by atoms with van der Waals surface area (Å²) >= 11 is 0. The molecule has 1 heterocycles. The van der Waals surface area contributed by atoms with Crippen molar-refractivity contribution in [1.82, 2.24) is 4.90 Å². The van der Waals surface area contributed by atoms with Crippen molar-refractivity contribution in [3.05, 3.63) is 65.5 Å². The first-order valence-corrected chi connectivity index (χ1v) is 7.51. The number of rotatable bonds is 3. The first-order valence-electron chi connectivity index (χ1n) is 7.51. The number of hydrogen-bond acceptors (Lipinski definition) is 2. The molecule has 0 spiro atoms. The number of fused-ring (bicyclic) bond motifs is 1. The quantitative estimate of drug-likeness (QED) is 0.943. The molecule has 1 amide bonds. The molecule has 0 saturated heterocycles. The Labute approximate surface area is 129 Å². The Morgan fingerprint density at radius 3 is 2.55 bits per heavy atom. The maximum absolute atomic E-state index is 12.9. The van der Waals surface area contributed by atoms with E-state index >= 15 is 0 Å². The normalized spacial score (nSPS) is 15.9. The summed E-state index contributed by atoms with van der Waals surface area (Å²) in [6, 6.07) is 14.0. The van der Waals surface area contributed by atoms with Gasteiger partial charge in [-0.25, -0.2) is 4.39 Å². The maximum atomic E-state index is 12.9. The van der Waals surface area contributed by atoms with Gasteiger partial charge in [-0.05, 0) is 48.7 Å². The van der Waals surface area contributed by atoms with Gasteiger partial charge >= 0.3 is 0 Å². The minimum absolute atomic E-state index is 0.0639. The van der Waals surface area contributed by atoms with Crippen molar-refractivity contribution in [2.75, 3.05) is 11.9 Å². The molecule has 114 valence electrons. The van der Waals surface area contributed by atoms with Crippen LogP contribution >= 0.6 is 0 Å². The van der Waals surface area contributed by atoms with Gasteiger partial charge in [0.1, 0.15) is 5.82 Å². The van der Waals surface area contributed by atoms with Gasteiger partial charge in [-0.15, -0.1) is 0 Å². The second-order valence-electron chi connectivity index (χ2n) is 5.66. The lowest BCUT2D eigenvalue weighted by atomic mass is 9.99. The standard InChI is InChI=1S/C18H19FN2O/c1-13(18(22)20-17-8-6-16(19)7-9-17)21-11-10-14-4-2-3-5-15(14)12-21/h2-9,13H,10-12H2,1H3,(H,20,22)/t13-/m0/s1. The lowest BCUT2D eigenvalue weighted by Gasteiger charge is -2.32. The van der Waals surface area contributed by atoms with Crippen LogP contribution in [-0.2, 0) is 17.8 Å². The molecule has 4 heteroatoms. The number of carbonyl (C=O) groups is 1. The van der Waals surface area contributed by atoms with Crippen LogP contribution in [0, 0.1) is 5.82 Å². The van der Waals surface area contributed by atoms with Crippen molar-refractivity contribution < 1.29 is 9.18 Å². The largest absolute Gasteiger partial charge is 0.325 e. The van der Waals surface area contributed by atoms with E-state index in [1.165, 1.54) is 23.3 Å². The number of carbonyl (C=O) groups excluding carboxylic acids is 1. The summed E-state index contributed by atoms with van der Waals surface area (Å²) in [6.07, 6.45) is 0.963. The first kappa shape index (κ1) is 14.7. The van der Waals surface area contributed by atoms with E-state index in [0.717, 1.165) is 19.5 Å². The van der Waals surface area contributed by atoms with Gasteiger partial charge < -0.3 is 5.32 Å². The van der Waals surface area contributed by atoms with Crippen molar-refractivity contribution in [3.8, 4) is 0 Å². The Balaban J connectivity index is 1.65. The zero-order valence-corrected chi connectivity index (χ0v) is 12.6. The van der Waals surface area contributed by atoms with E-state index in [1.54, 1.807) is 12.1 Å². The van der Waals surface area contributed by atoms with Gasteiger partial charge in [0, 0.05) is 18.8 Å². The molecule has 1 N–H and O–H groups in total. The van der Waals surface area contributed by atoms with Crippen LogP contribution in [0.1, 0.15) is 18.1 Å². The van der Waals surface area contributed by atoms with Crippen LogP contribution in [0.5, 0.6) is 0 Å². The molecular formula is C18H19FN2O. The summed E-state index contributed by atoms with van der Waals surface area (Å²) in [5.74, 6) is -0.371. The molecule has 1 aliphatic heterocycles. The highest BCUT2D eigenvalue weighted by Gasteiger charge is 2.25. The fourth-order valence-electron chi connectivity index (χ4n) is 2.79. The van der Waals surface area contributed by atoms with Crippen molar-refractivity contribution in [2.24, 2.45) is 0 Å². The zero-order chi connectivity index (χ0) is 15.5. The SMILES string of the molecule is C[C@@H](C(=O)Nc1ccc(F)cc1)N1CCc2ccccc2C1. The van der Waals surface area contributed by atoms with Crippen LogP contribution in [0.4, 0.5) is 10.1 Å². The molecule has 0 aromatic heterocycles. The van der Waals surface area contributed by atoms with E-state index in [-0.39, 0.29) is 17.8 Å². The van der Waals surface area contributed by atoms with E-state index in [1.807, 2.05) is 13.0 Å². The highest BCUT2D eigenvalue weighted by Crippen LogP contribution is 2.20. The molecule has 1 atom stereocenters. The third kappa shape index (κ3) is 3.17. The van der Waals surface area contributed by atoms with Crippen molar-refractivity contribution in [1.29, 1.82) is 0 Å². The van der Waals surface area contributed by atoms with Crippen molar-refractivity contribution in [3.63, 3.8) is 0 Å². The second-order valence-corrected chi connectivity index (χ2v) is 5.66. The number of nitrogens with zero attached hydrogens (tertiary/aromatic N) is 1. The molecule has 2 aromatic rings. The molecule has 22 heavy (non-hydrogen) atoms. The van der Waals surface area contributed by atoms with Crippen LogP contribution in [0.25, 0.3) is 0 Å². The number of nitrogens with one attached hydrogen (secondary N) is 1. The third-order valence-electron chi connectivity index (χ3n) is 4.20. The van der Waals surface area contributed by atoms with Crippen LogP contribution in [0.2, 0.25) is 0 Å². The van der Waals surface area contributed by atoms with E-state index < -0.39 is 0 Å². The molecule has 3 rings (SSSR count). The predicted molar refractivity (Wildman–Crippen MR) is 85.0 cm³/mol. The Bertz CT molecular complexity index is 669. The van der Waals surface area contributed by atoms with Crippen molar-refractivity contribution >= 4 is 11.6 Å². The smallest absolute Gasteiger partial charge is 0.241 e. The average Bonchev–Trinajstić information content (AvgIpc) is 2.55. The number of amides is 1. The fraction of sp³-hybridized carbons (Fsp3) is 0.278. The summed E-state index contributed by atoms with van der Waals surface area (Å²) in [4.78, 5) is 14.5. The lowest BCUT2D eigenvalue weighted by Crippen LogP contribution is -2.44. The first-order chi connectivity index (χ1) is 10.6. The second kappa shape index (κ2) is 6.28. The zero-order valence-electron chi connectivity index (χ0n) is 12.6. The number of benzene rings is 2. The van der Waals surface area contributed by atoms with E-state index in [9.17, 15) is 9.18 Å². The summed E-state index contributed by atoms with van der Waals surface area (Å²) in [5, 5.41) is 2.84. The summed E-state index contributed by atoms with van der Waals surface area (Å²) in [7, 11) is 0. The lowest BCUT2D eigenvalue weighted by molar-refractivity contribution is -0.121. The fourth-order valence-corrected chi connectivity index (χ4v) is 2.79. The highest BCUT2D eigenvalue weighted by atomic mass is 19.1. The molecule has 0 fully saturated rings. The van der Waals surface area contributed by atoms with Gasteiger partial charge in [0.25, 0.3) is 0 Å². The molecule has 2 aromatic carbocycles. The highest BCUT2D eigenvalue weighted by molar-refractivity contribution is 5.94. The van der Waals surface area contributed by atoms with Gasteiger partial charge in [-0.2, -0.15) is 0 Å². The molecule has 0 radical (unpaired) electrons. The Kier molecular flexibility index (Phi) is 4.20. The van der Waals surface area contributed by atoms with Crippen LogP contribution in [-0.4, -0.2) is 23.4 Å². The third-order valence-corrected chi connectivity index (χ3v) is 4.20. The topological polar surface area (TPSA) is 32.3 Å². The monoisotopic (exact) mass is 298 g/mol. The minimum Gasteiger partial charge on any atom is -0.325 e. The Morgan fingerprint density at radius 2 is 1.82 bits per heavy atom. The van der Waals surface area contributed by atoms with Gasteiger partial charge in [0.2, 0.25) is 5.91 Å². The van der Waals surface area contributed by atoms with Crippen LogP contribution in [0.15, 0.2) is 48.5 Å². The predicted octanol–water partition coefficient (Wildman–Crippen LogP) is 3.21. The van der Waals surface area contributed by atoms with Gasteiger partial charge in [0.05, 0.1) is 6.04 Å². The van der Waals surface area contributed by atoms with E-state index in [2.05, 4.69) is 28.4 Å². The van der Waals surface area contributed by atoms with E-state index in [4.69, 9.17) is 0 Å². The minimum atomic E-state index is -0.307. The summed E-state index contributed by atoms with van der Waals surface area (Å²) in [5.41, 5.74) is 3.27. The molecular weight excluding hydrogens is 279 g/mol. The maximum Gasteiger partial charge on any atom is 0.241 e. The van der Waals surface area contributed by atoms with Crippen molar-refractivity contribution in [2.45, 2.75) is 25.9 Å². The van der Waals surface area contributed by atoms with E-state index in [0.29, 0.717) is 5.69 Å². The average molecular weight is 298 g/mol. The molecule has 3 nitrogen and oxygen atoms in total. The Morgan fingerprint density at radius 1 is 1.14 bits per heavy atom. The molecule has 0 saturated carbocycles. The molecule has 0 bridgehead atoms.